The number of rotatable bonds is 7. The number of hydrogen-bond donors (Lipinski definition) is 0. The van der Waals surface area contributed by atoms with E-state index in [9.17, 15) is 4.79 Å². The largest absolute Gasteiger partial charge is 0.493 e. The van der Waals surface area contributed by atoms with Crippen LogP contribution in [0, 0.1) is 0 Å². The van der Waals surface area contributed by atoms with Crippen LogP contribution in [0.1, 0.15) is 12.5 Å². The van der Waals surface area contributed by atoms with Crippen molar-refractivity contribution in [2.24, 2.45) is 0 Å². The van der Waals surface area contributed by atoms with E-state index in [2.05, 4.69) is 5.10 Å². The van der Waals surface area contributed by atoms with Crippen molar-refractivity contribution in [2.75, 3.05) is 13.2 Å². The van der Waals surface area contributed by atoms with Crippen LogP contribution in [-0.2, 0) is 16.1 Å². The molecule has 2 aromatic rings. The minimum Gasteiger partial charge on any atom is -0.493 e. The number of ether oxygens (including phenoxy) is 2. The molecule has 0 aliphatic carbocycles. The Kier molecular flexibility index (Phi) is 5.58. The van der Waals surface area contributed by atoms with Crippen molar-refractivity contribution in [3.05, 3.63) is 54.4 Å². The molecule has 0 atom stereocenters. The zero-order chi connectivity index (χ0) is 14.9. The number of aromatic nitrogens is 2. The third kappa shape index (κ3) is 4.80. The van der Waals surface area contributed by atoms with E-state index >= 15 is 0 Å². The van der Waals surface area contributed by atoms with Gasteiger partial charge in [0.25, 0.3) is 0 Å². The Morgan fingerprint density at radius 3 is 2.95 bits per heavy atom. The van der Waals surface area contributed by atoms with Crippen LogP contribution < -0.4 is 4.74 Å². The third-order valence-electron chi connectivity index (χ3n) is 2.74. The first-order valence-electron chi connectivity index (χ1n) is 6.83. The summed E-state index contributed by atoms with van der Waals surface area (Å²) in [4.78, 5) is 11.6. The van der Waals surface area contributed by atoms with Crippen LogP contribution in [0.25, 0.3) is 6.08 Å². The van der Waals surface area contributed by atoms with E-state index in [1.807, 2.05) is 43.5 Å². The summed E-state index contributed by atoms with van der Waals surface area (Å²) in [5.74, 6) is 0.369. The highest BCUT2D eigenvalue weighted by molar-refractivity contribution is 5.87. The molecule has 1 aromatic carbocycles. The lowest BCUT2D eigenvalue weighted by Gasteiger charge is -2.06. The van der Waals surface area contributed by atoms with Crippen LogP contribution in [0.4, 0.5) is 0 Å². The summed E-state index contributed by atoms with van der Waals surface area (Å²) in [5.41, 5.74) is 0.850. The molecule has 110 valence electrons. The summed E-state index contributed by atoms with van der Waals surface area (Å²) in [6.07, 6.45) is 6.61. The number of carbonyl (C=O) groups excluding carboxylic acids is 1. The highest BCUT2D eigenvalue weighted by Crippen LogP contribution is 2.19. The Labute approximate surface area is 123 Å². The molecule has 0 spiro atoms. The topological polar surface area (TPSA) is 53.4 Å². The second kappa shape index (κ2) is 7.89. The van der Waals surface area contributed by atoms with Crippen molar-refractivity contribution in [1.29, 1.82) is 0 Å². The highest BCUT2D eigenvalue weighted by Gasteiger charge is 2.01. The van der Waals surface area contributed by atoms with Crippen molar-refractivity contribution in [3.8, 4) is 5.75 Å². The molecule has 0 radical (unpaired) electrons. The first-order valence-corrected chi connectivity index (χ1v) is 6.83. The Bertz CT molecular complexity index is 591. The van der Waals surface area contributed by atoms with Crippen LogP contribution in [0.2, 0.25) is 0 Å². The van der Waals surface area contributed by atoms with Crippen LogP contribution in [-0.4, -0.2) is 29.0 Å². The van der Waals surface area contributed by atoms with Crippen LogP contribution in [0.15, 0.2) is 48.8 Å². The molecule has 0 fully saturated rings. The fourth-order valence-electron chi connectivity index (χ4n) is 1.78. The smallest absolute Gasteiger partial charge is 0.330 e. The molecule has 21 heavy (non-hydrogen) atoms. The molecule has 0 saturated carbocycles. The fraction of sp³-hybridized carbons (Fsp3) is 0.250. The molecule has 5 nitrogen and oxygen atoms in total. The molecule has 5 heteroatoms. The second-order valence-electron chi connectivity index (χ2n) is 4.24. The Hall–Kier alpha value is -2.56. The van der Waals surface area contributed by atoms with Crippen LogP contribution in [0.5, 0.6) is 5.75 Å². The predicted molar refractivity (Wildman–Crippen MR) is 79.8 cm³/mol. The molecule has 0 bridgehead atoms. The molecule has 0 unspecified atom stereocenters. The van der Waals surface area contributed by atoms with Gasteiger partial charge in [0.05, 0.1) is 13.2 Å². The van der Waals surface area contributed by atoms with Crippen molar-refractivity contribution in [2.45, 2.75) is 13.5 Å². The molecule has 1 aromatic heterocycles. The summed E-state index contributed by atoms with van der Waals surface area (Å²) >= 11 is 0. The van der Waals surface area contributed by atoms with Crippen LogP contribution >= 0.6 is 0 Å². The standard InChI is InChI=1S/C16H18N2O3/c1-2-20-15-7-4-3-6-14(15)8-9-16(19)21-13-12-18-11-5-10-17-18/h3-11H,2,12-13H2,1H3. The Morgan fingerprint density at radius 1 is 1.33 bits per heavy atom. The van der Waals surface area contributed by atoms with Gasteiger partial charge in [0.2, 0.25) is 0 Å². The van der Waals surface area contributed by atoms with Gasteiger partial charge >= 0.3 is 5.97 Å². The summed E-state index contributed by atoms with van der Waals surface area (Å²) in [5, 5.41) is 4.03. The summed E-state index contributed by atoms with van der Waals surface area (Å²) in [6, 6.07) is 9.37. The zero-order valence-corrected chi connectivity index (χ0v) is 11.9. The first kappa shape index (κ1) is 14.8. The van der Waals surface area contributed by atoms with E-state index in [-0.39, 0.29) is 12.6 Å². The minimum atomic E-state index is -0.381. The van der Waals surface area contributed by atoms with Crippen molar-refractivity contribution >= 4 is 12.0 Å². The van der Waals surface area contributed by atoms with Gasteiger partial charge < -0.3 is 9.47 Å². The van der Waals surface area contributed by atoms with Gasteiger partial charge in [-0.15, -0.1) is 0 Å². The van der Waals surface area contributed by atoms with E-state index in [0.29, 0.717) is 13.2 Å². The number of benzene rings is 1. The second-order valence-corrected chi connectivity index (χ2v) is 4.24. The van der Waals surface area contributed by atoms with Gasteiger partial charge in [-0.3, -0.25) is 4.68 Å². The SMILES string of the molecule is CCOc1ccccc1C=CC(=O)OCCn1cccn1. The Balaban J connectivity index is 1.84. The number of nitrogens with zero attached hydrogens (tertiary/aromatic N) is 2. The van der Waals surface area contributed by atoms with Crippen molar-refractivity contribution < 1.29 is 14.3 Å². The molecule has 0 aliphatic heterocycles. The van der Waals surface area contributed by atoms with Crippen molar-refractivity contribution in [1.82, 2.24) is 9.78 Å². The zero-order valence-electron chi connectivity index (χ0n) is 11.9. The quantitative estimate of drug-likeness (QED) is 0.580. The Morgan fingerprint density at radius 2 is 2.19 bits per heavy atom. The summed E-state index contributed by atoms with van der Waals surface area (Å²) in [7, 11) is 0. The van der Waals surface area contributed by atoms with E-state index in [1.165, 1.54) is 6.08 Å². The lowest BCUT2D eigenvalue weighted by Crippen LogP contribution is -2.09. The monoisotopic (exact) mass is 286 g/mol. The van der Waals surface area contributed by atoms with E-state index in [4.69, 9.17) is 9.47 Å². The molecule has 0 saturated heterocycles. The van der Waals surface area contributed by atoms with Gasteiger partial charge in [0, 0.05) is 24.0 Å². The normalized spacial score (nSPS) is 10.7. The third-order valence-corrected chi connectivity index (χ3v) is 2.74. The van der Waals surface area contributed by atoms with E-state index in [0.717, 1.165) is 11.3 Å². The molecular weight excluding hydrogens is 268 g/mol. The van der Waals surface area contributed by atoms with E-state index < -0.39 is 0 Å². The lowest BCUT2D eigenvalue weighted by molar-refractivity contribution is -0.138. The van der Waals surface area contributed by atoms with Gasteiger partial charge in [-0.2, -0.15) is 5.10 Å². The van der Waals surface area contributed by atoms with Crippen LogP contribution in [0.3, 0.4) is 0 Å². The maximum Gasteiger partial charge on any atom is 0.330 e. The van der Waals surface area contributed by atoms with Gasteiger partial charge in [-0.25, -0.2) is 4.79 Å². The average Bonchev–Trinajstić information content (AvgIpc) is 3.00. The maximum absolute atomic E-state index is 11.6. The predicted octanol–water partition coefficient (Wildman–Crippen LogP) is 2.54. The number of carbonyl (C=O) groups is 1. The average molecular weight is 286 g/mol. The number of hydrogen-bond acceptors (Lipinski definition) is 4. The van der Waals surface area contributed by atoms with E-state index in [1.54, 1.807) is 17.0 Å². The molecule has 1 heterocycles. The van der Waals surface area contributed by atoms with Gasteiger partial charge in [0.15, 0.2) is 0 Å². The summed E-state index contributed by atoms with van der Waals surface area (Å²) < 4.78 is 12.3. The maximum atomic E-state index is 11.6. The molecular formula is C16H18N2O3. The van der Waals surface area contributed by atoms with Gasteiger partial charge in [-0.05, 0) is 25.1 Å². The van der Waals surface area contributed by atoms with Crippen molar-refractivity contribution in [3.63, 3.8) is 0 Å². The number of esters is 1. The molecule has 0 aliphatic rings. The van der Waals surface area contributed by atoms with Gasteiger partial charge in [0.1, 0.15) is 12.4 Å². The molecule has 2 rings (SSSR count). The fourth-order valence-corrected chi connectivity index (χ4v) is 1.78. The summed E-state index contributed by atoms with van der Waals surface area (Å²) in [6.45, 7) is 3.34. The molecule has 0 amide bonds. The minimum absolute atomic E-state index is 0.290. The highest BCUT2D eigenvalue weighted by atomic mass is 16.5. The molecule has 0 N–H and O–H groups in total. The number of para-hydroxylation sites is 1. The first-order chi connectivity index (χ1) is 10.3. The van der Waals surface area contributed by atoms with Gasteiger partial charge in [-0.1, -0.05) is 18.2 Å². The lowest BCUT2D eigenvalue weighted by atomic mass is 10.2.